The number of aromatic nitrogens is 4. The highest BCUT2D eigenvalue weighted by Crippen LogP contribution is 2.36. The van der Waals surface area contributed by atoms with Gasteiger partial charge in [-0.1, -0.05) is 138 Å². The van der Waals surface area contributed by atoms with Crippen LogP contribution in [0.25, 0.3) is 33.6 Å². The average Bonchev–Trinajstić information content (AvgIpc) is 3.94. The largest absolute Gasteiger partial charge is 0.345 e. The van der Waals surface area contributed by atoms with Gasteiger partial charge in [-0.3, -0.25) is 19.4 Å². The SMILES string of the molecule is CCCN(C(=O)[C@@H](c1ccccc1)N(CC)CC)[C@@H](C)c1ncc(-c2ccc(-c3ccc4c(c3)CCCc3[nH]c([C@H](C)NC(=O)[C@@H](c5ccccc5)N(CC)CC)nc3-4)cc2)[nH]1. The standard InChI is InChI=1S/C52H64N8O2/c1-8-32-60(52(62)48(59(11-4)12-5)40-22-17-14-18-23-40)36(7)50-53-34-45(56-50)38-28-26-37(27-29-38)41-30-31-43-42(33-41)24-19-25-44-46(43)57-49(55-44)35(6)54-51(61)47(58(9-2)10-3)39-20-15-13-16-21-39/h13-18,20-23,26-31,33-36,47-48H,8-12,19,24-25,32H2,1-7H3,(H,53,56)(H,54,61)(H,55,57)/t35-,36-,47+,48+/m0/s1. The summed E-state index contributed by atoms with van der Waals surface area (Å²) in [5.74, 6) is 1.63. The molecule has 324 valence electrons. The zero-order valence-electron chi connectivity index (χ0n) is 37.6. The third-order valence-corrected chi connectivity index (χ3v) is 12.6. The summed E-state index contributed by atoms with van der Waals surface area (Å²) in [5.41, 5.74) is 10.8. The lowest BCUT2D eigenvalue weighted by Crippen LogP contribution is -2.44. The molecule has 0 radical (unpaired) electrons. The Kier molecular flexibility index (Phi) is 14.5. The first kappa shape index (κ1) is 44.2. The minimum absolute atomic E-state index is 0.0219. The Hall–Kier alpha value is -5.84. The zero-order valence-corrected chi connectivity index (χ0v) is 37.6. The molecule has 10 nitrogen and oxygen atoms in total. The molecule has 7 rings (SSSR count). The third kappa shape index (κ3) is 9.47. The van der Waals surface area contributed by atoms with Crippen LogP contribution in [0.4, 0.5) is 0 Å². The lowest BCUT2D eigenvalue weighted by Gasteiger charge is -2.36. The van der Waals surface area contributed by atoms with E-state index in [1.165, 1.54) is 5.56 Å². The van der Waals surface area contributed by atoms with E-state index in [4.69, 9.17) is 9.97 Å². The number of hydrogen-bond donors (Lipinski definition) is 3. The molecule has 1 aliphatic rings. The Morgan fingerprint density at radius 2 is 1.29 bits per heavy atom. The number of fused-ring (bicyclic) bond motifs is 3. The average molecular weight is 833 g/mol. The van der Waals surface area contributed by atoms with E-state index in [0.29, 0.717) is 6.54 Å². The second-order valence-corrected chi connectivity index (χ2v) is 16.4. The van der Waals surface area contributed by atoms with E-state index in [1.54, 1.807) is 0 Å². The van der Waals surface area contributed by atoms with Crippen molar-refractivity contribution in [2.24, 2.45) is 0 Å². The Labute approximate surface area is 368 Å². The second kappa shape index (κ2) is 20.4. The van der Waals surface area contributed by atoms with Crippen molar-refractivity contribution in [1.82, 2.24) is 40.0 Å². The van der Waals surface area contributed by atoms with Crippen molar-refractivity contribution in [3.63, 3.8) is 0 Å². The summed E-state index contributed by atoms with van der Waals surface area (Å²) in [5, 5.41) is 3.28. The van der Waals surface area contributed by atoms with E-state index in [1.807, 2.05) is 66.6 Å². The van der Waals surface area contributed by atoms with Crippen molar-refractivity contribution in [3.8, 4) is 33.6 Å². The highest BCUT2D eigenvalue weighted by Gasteiger charge is 2.34. The van der Waals surface area contributed by atoms with Crippen molar-refractivity contribution >= 4 is 11.8 Å². The summed E-state index contributed by atoms with van der Waals surface area (Å²) in [4.78, 5) is 51.8. The Bertz CT molecular complexity index is 2380. The van der Waals surface area contributed by atoms with Gasteiger partial charge in [0, 0.05) is 17.8 Å². The normalized spacial score (nSPS) is 14.4. The summed E-state index contributed by atoms with van der Waals surface area (Å²) in [6.45, 7) is 18.4. The molecule has 4 atom stereocenters. The maximum atomic E-state index is 14.4. The molecule has 10 heteroatoms. The topological polar surface area (TPSA) is 113 Å². The number of aryl methyl sites for hydroxylation is 2. The van der Waals surface area contributed by atoms with E-state index >= 15 is 0 Å². The van der Waals surface area contributed by atoms with Crippen LogP contribution in [0.3, 0.4) is 0 Å². The fourth-order valence-corrected chi connectivity index (χ4v) is 9.13. The molecule has 2 heterocycles. The minimum atomic E-state index is -0.370. The molecule has 2 amide bonds. The molecule has 62 heavy (non-hydrogen) atoms. The number of hydrogen-bond acceptors (Lipinski definition) is 6. The molecule has 2 aromatic heterocycles. The summed E-state index contributed by atoms with van der Waals surface area (Å²) in [6, 6.07) is 34.2. The summed E-state index contributed by atoms with van der Waals surface area (Å²) in [7, 11) is 0. The minimum Gasteiger partial charge on any atom is -0.345 e. The number of amides is 2. The number of nitrogens with zero attached hydrogens (tertiary/aromatic N) is 5. The van der Waals surface area contributed by atoms with Crippen molar-refractivity contribution < 1.29 is 9.59 Å². The fourth-order valence-electron chi connectivity index (χ4n) is 9.13. The van der Waals surface area contributed by atoms with Gasteiger partial charge in [0.15, 0.2) is 0 Å². The van der Waals surface area contributed by atoms with Crippen LogP contribution in [-0.2, 0) is 22.4 Å². The molecule has 0 spiro atoms. The summed E-state index contributed by atoms with van der Waals surface area (Å²) >= 11 is 0. The number of H-pyrrole nitrogens is 2. The van der Waals surface area contributed by atoms with E-state index in [0.717, 1.165) is 114 Å². The molecule has 0 bridgehead atoms. The molecule has 0 aliphatic heterocycles. The quantitative estimate of drug-likeness (QED) is 0.0795. The van der Waals surface area contributed by atoms with Gasteiger partial charge in [-0.15, -0.1) is 0 Å². The predicted molar refractivity (Wildman–Crippen MR) is 250 cm³/mol. The molecular weight excluding hydrogens is 769 g/mol. The molecule has 0 saturated carbocycles. The maximum Gasteiger partial charge on any atom is 0.245 e. The third-order valence-electron chi connectivity index (χ3n) is 12.6. The lowest BCUT2D eigenvalue weighted by molar-refractivity contribution is -0.139. The molecule has 4 aromatic carbocycles. The van der Waals surface area contributed by atoms with Crippen LogP contribution >= 0.6 is 0 Å². The van der Waals surface area contributed by atoms with E-state index in [-0.39, 0.29) is 36.0 Å². The van der Waals surface area contributed by atoms with Crippen LogP contribution in [0.2, 0.25) is 0 Å². The Morgan fingerprint density at radius 3 is 1.92 bits per heavy atom. The fraction of sp³-hybridized carbons (Fsp3) is 0.385. The van der Waals surface area contributed by atoms with Gasteiger partial charge in [0.25, 0.3) is 0 Å². The number of carbonyl (C=O) groups is 2. The number of nitrogens with one attached hydrogen (secondary N) is 3. The van der Waals surface area contributed by atoms with Gasteiger partial charge in [0.1, 0.15) is 23.7 Å². The van der Waals surface area contributed by atoms with Crippen molar-refractivity contribution in [2.45, 2.75) is 98.3 Å². The second-order valence-electron chi connectivity index (χ2n) is 16.4. The van der Waals surface area contributed by atoms with Crippen LogP contribution in [0, 0.1) is 0 Å². The number of likely N-dealkylation sites (N-methyl/N-ethyl adjacent to an activating group) is 2. The van der Waals surface area contributed by atoms with Crippen molar-refractivity contribution in [3.05, 3.63) is 143 Å². The Balaban J connectivity index is 1.06. The lowest BCUT2D eigenvalue weighted by atomic mass is 9.95. The highest BCUT2D eigenvalue weighted by molar-refractivity contribution is 5.84. The first-order chi connectivity index (χ1) is 30.2. The van der Waals surface area contributed by atoms with E-state index < -0.39 is 0 Å². The first-order valence-corrected chi connectivity index (χ1v) is 22.8. The number of carbonyl (C=O) groups excluding carboxylic acids is 2. The summed E-state index contributed by atoms with van der Waals surface area (Å²) in [6.07, 6.45) is 5.60. The zero-order chi connectivity index (χ0) is 43.8. The first-order valence-electron chi connectivity index (χ1n) is 22.8. The monoisotopic (exact) mass is 833 g/mol. The molecule has 0 unspecified atom stereocenters. The van der Waals surface area contributed by atoms with Crippen molar-refractivity contribution in [2.75, 3.05) is 32.7 Å². The van der Waals surface area contributed by atoms with Gasteiger partial charge in [-0.05, 0) is 99.1 Å². The Morgan fingerprint density at radius 1 is 0.694 bits per heavy atom. The smallest absolute Gasteiger partial charge is 0.245 e. The molecular formula is C52H64N8O2. The molecule has 3 N–H and O–H groups in total. The number of aromatic amines is 2. The number of imidazole rings is 2. The molecule has 0 fully saturated rings. The van der Waals surface area contributed by atoms with Crippen LogP contribution < -0.4 is 5.32 Å². The molecule has 6 aromatic rings. The van der Waals surface area contributed by atoms with Crippen LogP contribution in [-0.4, -0.2) is 79.2 Å². The van der Waals surface area contributed by atoms with Gasteiger partial charge in [0.05, 0.1) is 29.7 Å². The van der Waals surface area contributed by atoms with Crippen molar-refractivity contribution in [1.29, 1.82) is 0 Å². The molecule has 1 aliphatic carbocycles. The van der Waals surface area contributed by atoms with Gasteiger partial charge in [-0.2, -0.15) is 0 Å². The summed E-state index contributed by atoms with van der Waals surface area (Å²) < 4.78 is 0. The highest BCUT2D eigenvalue weighted by atomic mass is 16.2. The van der Waals surface area contributed by atoms with Crippen LogP contribution in [0.15, 0.2) is 109 Å². The van der Waals surface area contributed by atoms with E-state index in [2.05, 4.69) is 121 Å². The number of benzene rings is 4. The van der Waals surface area contributed by atoms with Gasteiger partial charge < -0.3 is 20.2 Å². The predicted octanol–water partition coefficient (Wildman–Crippen LogP) is 10.3. The number of rotatable bonds is 18. The van der Waals surface area contributed by atoms with Gasteiger partial charge in [0.2, 0.25) is 11.8 Å². The molecule has 0 saturated heterocycles. The van der Waals surface area contributed by atoms with Crippen LogP contribution in [0.1, 0.15) is 120 Å². The van der Waals surface area contributed by atoms with Crippen LogP contribution in [0.5, 0.6) is 0 Å². The van der Waals surface area contributed by atoms with E-state index in [9.17, 15) is 9.59 Å². The van der Waals surface area contributed by atoms with Gasteiger partial charge in [-0.25, -0.2) is 9.97 Å². The van der Waals surface area contributed by atoms with Gasteiger partial charge >= 0.3 is 0 Å². The maximum absolute atomic E-state index is 14.4.